The van der Waals surface area contributed by atoms with E-state index >= 15 is 0 Å². The predicted octanol–water partition coefficient (Wildman–Crippen LogP) is 2.13. The summed E-state index contributed by atoms with van der Waals surface area (Å²) < 4.78 is 0. The van der Waals surface area contributed by atoms with E-state index in [0.29, 0.717) is 0 Å². The summed E-state index contributed by atoms with van der Waals surface area (Å²) in [5.74, 6) is 0.984. The normalized spacial score (nSPS) is 15.7. The van der Waals surface area contributed by atoms with Crippen LogP contribution in [0.2, 0.25) is 0 Å². The van der Waals surface area contributed by atoms with Crippen molar-refractivity contribution >= 4 is 5.82 Å². The summed E-state index contributed by atoms with van der Waals surface area (Å²) in [6.45, 7) is 8.18. The van der Waals surface area contributed by atoms with Crippen molar-refractivity contribution in [2.75, 3.05) is 24.5 Å². The van der Waals surface area contributed by atoms with Gasteiger partial charge < -0.3 is 10.2 Å². The van der Waals surface area contributed by atoms with Gasteiger partial charge in [-0.25, -0.2) is 4.98 Å². The van der Waals surface area contributed by atoms with E-state index in [4.69, 9.17) is 0 Å². The summed E-state index contributed by atoms with van der Waals surface area (Å²) in [5, 5.41) is 3.33. The third-order valence-electron chi connectivity index (χ3n) is 3.18. The molecule has 0 saturated carbocycles. The maximum absolute atomic E-state index is 4.50. The maximum atomic E-state index is 4.50. The fraction of sp³-hybridized carbons (Fsp3) is 0.571. The van der Waals surface area contributed by atoms with Gasteiger partial charge >= 0.3 is 0 Å². The molecular weight excluding hydrogens is 224 g/mol. The van der Waals surface area contributed by atoms with Crippen LogP contribution in [0.4, 0.5) is 5.82 Å². The van der Waals surface area contributed by atoms with Gasteiger partial charge in [-0.2, -0.15) is 0 Å². The Morgan fingerprint density at radius 3 is 2.83 bits per heavy atom. The number of rotatable bonds is 5. The molecule has 0 atom stereocenters. The number of hydrogen-bond acceptors (Lipinski definition) is 4. The molecule has 1 aromatic rings. The van der Waals surface area contributed by atoms with Crippen LogP contribution in [0.5, 0.6) is 0 Å². The molecule has 1 aromatic heterocycles. The molecule has 0 saturated heterocycles. The quantitative estimate of drug-likeness (QED) is 0.638. The van der Waals surface area contributed by atoms with Gasteiger partial charge in [0, 0.05) is 19.6 Å². The first-order valence-corrected chi connectivity index (χ1v) is 6.72. The van der Waals surface area contributed by atoms with Crippen molar-refractivity contribution in [2.45, 2.75) is 33.2 Å². The van der Waals surface area contributed by atoms with E-state index in [1.807, 2.05) is 12.4 Å². The summed E-state index contributed by atoms with van der Waals surface area (Å²) in [5.41, 5.74) is 2.48. The zero-order valence-corrected chi connectivity index (χ0v) is 11.3. The molecule has 0 aromatic carbocycles. The molecule has 4 nitrogen and oxygen atoms in total. The molecule has 4 heteroatoms. The third kappa shape index (κ3) is 3.53. The highest BCUT2D eigenvalue weighted by Crippen LogP contribution is 2.16. The topological polar surface area (TPSA) is 41.1 Å². The van der Waals surface area contributed by atoms with Crippen molar-refractivity contribution in [2.24, 2.45) is 0 Å². The van der Waals surface area contributed by atoms with E-state index in [-0.39, 0.29) is 0 Å². The monoisotopic (exact) mass is 246 g/mol. The Hall–Kier alpha value is -1.42. The second-order valence-corrected chi connectivity index (χ2v) is 4.79. The van der Waals surface area contributed by atoms with Gasteiger partial charge in [-0.05, 0) is 26.3 Å². The molecule has 0 unspecified atom stereocenters. The molecule has 1 aliphatic rings. The van der Waals surface area contributed by atoms with Crippen molar-refractivity contribution in [1.82, 2.24) is 15.3 Å². The fourth-order valence-electron chi connectivity index (χ4n) is 1.97. The minimum atomic E-state index is 0.806. The predicted molar refractivity (Wildman–Crippen MR) is 74.6 cm³/mol. The molecule has 98 valence electrons. The highest BCUT2D eigenvalue weighted by molar-refractivity contribution is 5.38. The number of anilines is 1. The second-order valence-electron chi connectivity index (χ2n) is 4.79. The van der Waals surface area contributed by atoms with Gasteiger partial charge in [-0.1, -0.05) is 18.6 Å². The van der Waals surface area contributed by atoms with Crippen molar-refractivity contribution in [1.29, 1.82) is 0 Å². The lowest BCUT2D eigenvalue weighted by molar-refractivity contribution is 0.661. The molecule has 1 N–H and O–H groups in total. The van der Waals surface area contributed by atoms with Gasteiger partial charge in [0.1, 0.15) is 5.82 Å². The van der Waals surface area contributed by atoms with Gasteiger partial charge in [0.2, 0.25) is 0 Å². The van der Waals surface area contributed by atoms with Crippen LogP contribution in [0, 0.1) is 0 Å². The molecule has 1 aliphatic heterocycles. The largest absolute Gasteiger partial charge is 0.351 e. The molecule has 0 amide bonds. The molecule has 18 heavy (non-hydrogen) atoms. The van der Waals surface area contributed by atoms with Crippen LogP contribution in [0.15, 0.2) is 24.0 Å². The lowest BCUT2D eigenvalue weighted by Gasteiger charge is -2.26. The summed E-state index contributed by atoms with van der Waals surface area (Å²) in [7, 11) is 0. The molecule has 2 rings (SSSR count). The molecule has 2 heterocycles. The van der Waals surface area contributed by atoms with E-state index in [1.54, 1.807) is 0 Å². The van der Waals surface area contributed by atoms with Crippen molar-refractivity contribution in [3.63, 3.8) is 0 Å². The Bertz CT molecular complexity index is 397. The fourth-order valence-corrected chi connectivity index (χ4v) is 1.97. The van der Waals surface area contributed by atoms with Crippen LogP contribution in [0.3, 0.4) is 0 Å². The average Bonchev–Trinajstić information content (AvgIpc) is 2.41. The molecule has 0 bridgehead atoms. The van der Waals surface area contributed by atoms with Gasteiger partial charge in [0.15, 0.2) is 0 Å². The lowest BCUT2D eigenvalue weighted by atomic mass is 10.1. The van der Waals surface area contributed by atoms with E-state index in [9.17, 15) is 0 Å². The van der Waals surface area contributed by atoms with E-state index in [1.165, 1.54) is 5.57 Å². The van der Waals surface area contributed by atoms with Crippen LogP contribution in [-0.4, -0.2) is 29.6 Å². The third-order valence-corrected chi connectivity index (χ3v) is 3.18. The zero-order chi connectivity index (χ0) is 12.8. The Morgan fingerprint density at radius 1 is 1.33 bits per heavy atom. The Morgan fingerprint density at radius 2 is 2.22 bits per heavy atom. The second kappa shape index (κ2) is 6.50. The van der Waals surface area contributed by atoms with Crippen LogP contribution in [-0.2, 0) is 6.54 Å². The highest BCUT2D eigenvalue weighted by Gasteiger charge is 2.11. The van der Waals surface area contributed by atoms with Crippen LogP contribution >= 0.6 is 0 Å². The first kappa shape index (κ1) is 13.0. The zero-order valence-electron chi connectivity index (χ0n) is 11.3. The smallest absolute Gasteiger partial charge is 0.147 e. The Balaban J connectivity index is 1.91. The van der Waals surface area contributed by atoms with Gasteiger partial charge in [-0.3, -0.25) is 4.98 Å². The number of hydrogen-bond donors (Lipinski definition) is 1. The van der Waals surface area contributed by atoms with Crippen molar-refractivity contribution in [3.05, 3.63) is 29.7 Å². The van der Waals surface area contributed by atoms with Gasteiger partial charge in [-0.15, -0.1) is 0 Å². The molecular formula is C14H22N4. The maximum Gasteiger partial charge on any atom is 0.147 e. The summed E-state index contributed by atoms with van der Waals surface area (Å²) >= 11 is 0. The average molecular weight is 246 g/mol. The minimum absolute atomic E-state index is 0.806. The summed E-state index contributed by atoms with van der Waals surface area (Å²) in [6, 6.07) is 0. The molecule has 0 fully saturated rings. The van der Waals surface area contributed by atoms with Crippen LogP contribution in [0.1, 0.15) is 32.4 Å². The summed E-state index contributed by atoms with van der Waals surface area (Å²) in [6.07, 6.45) is 8.30. The molecule has 0 spiro atoms. The van der Waals surface area contributed by atoms with Gasteiger partial charge in [0.25, 0.3) is 0 Å². The number of nitrogens with zero attached hydrogens (tertiary/aromatic N) is 3. The molecule has 0 aliphatic carbocycles. The summed E-state index contributed by atoms with van der Waals surface area (Å²) in [4.78, 5) is 11.2. The van der Waals surface area contributed by atoms with E-state index < -0.39 is 0 Å². The highest BCUT2D eigenvalue weighted by atomic mass is 15.2. The van der Waals surface area contributed by atoms with Crippen molar-refractivity contribution < 1.29 is 0 Å². The minimum Gasteiger partial charge on any atom is -0.351 e. The SMILES string of the molecule is CCCNCc1cnc(N2CC=C(C)CC2)cn1. The van der Waals surface area contributed by atoms with E-state index in [2.05, 4.69) is 40.1 Å². The Labute approximate surface area is 109 Å². The standard InChI is InChI=1S/C14H22N4/c1-3-6-15-9-13-10-17-14(11-16-13)18-7-4-12(2)5-8-18/h4,10-11,15H,3,5-9H2,1-2H3. The number of aromatic nitrogens is 2. The first-order chi connectivity index (χ1) is 8.79. The van der Waals surface area contributed by atoms with E-state index in [0.717, 1.165) is 50.5 Å². The van der Waals surface area contributed by atoms with Gasteiger partial charge in [0.05, 0.1) is 18.1 Å². The van der Waals surface area contributed by atoms with Crippen LogP contribution < -0.4 is 10.2 Å². The Kier molecular flexibility index (Phi) is 4.70. The van der Waals surface area contributed by atoms with Crippen molar-refractivity contribution in [3.8, 4) is 0 Å². The van der Waals surface area contributed by atoms with Crippen LogP contribution in [0.25, 0.3) is 0 Å². The number of nitrogens with one attached hydrogen (secondary N) is 1. The lowest BCUT2D eigenvalue weighted by Crippen LogP contribution is -2.29. The molecule has 0 radical (unpaired) electrons. The first-order valence-electron chi connectivity index (χ1n) is 6.72.